The fourth-order valence-corrected chi connectivity index (χ4v) is 1.25. The summed E-state index contributed by atoms with van der Waals surface area (Å²) in [5.74, 6) is -1.98. The smallest absolute Gasteiger partial charge is 0.326 e. The van der Waals surface area contributed by atoms with Crippen LogP contribution in [0.3, 0.4) is 0 Å². The quantitative estimate of drug-likeness (QED) is 0.326. The predicted octanol–water partition coefficient (Wildman–Crippen LogP) is -0.698. The normalized spacial score (nSPS) is 11.5. The molecule has 0 aromatic carbocycles. The van der Waals surface area contributed by atoms with Gasteiger partial charge in [0.1, 0.15) is 6.04 Å². The summed E-state index contributed by atoms with van der Waals surface area (Å²) in [5, 5.41) is 16.6. The Balaban J connectivity index is 3.97. The van der Waals surface area contributed by atoms with Crippen molar-refractivity contribution in [2.75, 3.05) is 26.7 Å². The zero-order chi connectivity index (χ0) is 14.7. The minimum atomic E-state index is -1.29. The van der Waals surface area contributed by atoms with Crippen LogP contribution in [-0.2, 0) is 14.3 Å². The minimum absolute atomic E-state index is 0.406. The number of aliphatic carboxylic acids is 1. The highest BCUT2D eigenvalue weighted by molar-refractivity contribution is 5.86. The summed E-state index contributed by atoms with van der Waals surface area (Å²) < 4.78 is 4.36. The number of hydrogen-bond donors (Lipinski definition) is 4. The van der Waals surface area contributed by atoms with Crippen molar-refractivity contribution in [3.63, 3.8) is 0 Å². The van der Waals surface area contributed by atoms with Crippen LogP contribution in [0.2, 0.25) is 0 Å². The molecule has 0 aliphatic carbocycles. The molecule has 0 spiro atoms. The molecule has 0 aromatic heterocycles. The van der Waals surface area contributed by atoms with E-state index in [-0.39, 0.29) is 0 Å². The van der Waals surface area contributed by atoms with E-state index in [0.29, 0.717) is 6.54 Å². The molecule has 0 fully saturated rings. The van der Waals surface area contributed by atoms with Crippen LogP contribution in [0, 0.1) is 0 Å². The van der Waals surface area contributed by atoms with E-state index in [1.54, 1.807) is 0 Å². The molecule has 0 bridgehead atoms. The topological polar surface area (TPSA) is 117 Å². The standard InChI is InChI=1S/C11H21N3O5/c1-3-12-5-4-6-13-11(18)14-8(10(16)17)7-9(15)19-2/h8,12H,3-7H2,1-2H3,(H,16,17)(H2,13,14,18)/t8-/m0/s1. The summed E-state index contributed by atoms with van der Waals surface area (Å²) in [6.45, 7) is 4.02. The number of nitrogens with one attached hydrogen (secondary N) is 3. The van der Waals surface area contributed by atoms with Gasteiger partial charge in [-0.05, 0) is 19.5 Å². The second-order valence-corrected chi connectivity index (χ2v) is 3.78. The number of amides is 2. The third-order valence-electron chi connectivity index (χ3n) is 2.27. The molecule has 0 aliphatic heterocycles. The third kappa shape index (κ3) is 8.83. The largest absolute Gasteiger partial charge is 0.480 e. The molecule has 0 aromatic rings. The number of carboxylic acid groups (broad SMARTS) is 1. The average molecular weight is 275 g/mol. The van der Waals surface area contributed by atoms with Crippen LogP contribution in [0.15, 0.2) is 0 Å². The fraction of sp³-hybridized carbons (Fsp3) is 0.727. The Kier molecular flexibility index (Phi) is 9.15. The summed E-state index contributed by atoms with van der Waals surface area (Å²) in [6, 6.07) is -1.91. The molecule has 0 heterocycles. The van der Waals surface area contributed by atoms with E-state index in [9.17, 15) is 14.4 Å². The van der Waals surface area contributed by atoms with Crippen LogP contribution in [0.25, 0.3) is 0 Å². The van der Waals surface area contributed by atoms with Crippen molar-refractivity contribution < 1.29 is 24.2 Å². The van der Waals surface area contributed by atoms with Gasteiger partial charge in [0, 0.05) is 6.54 Å². The van der Waals surface area contributed by atoms with E-state index in [2.05, 4.69) is 20.7 Å². The van der Waals surface area contributed by atoms with E-state index in [0.717, 1.165) is 26.6 Å². The highest BCUT2D eigenvalue weighted by Crippen LogP contribution is 1.95. The van der Waals surface area contributed by atoms with E-state index in [4.69, 9.17) is 5.11 Å². The van der Waals surface area contributed by atoms with Gasteiger partial charge in [0.2, 0.25) is 0 Å². The summed E-state index contributed by atoms with van der Waals surface area (Å²) >= 11 is 0. The predicted molar refractivity (Wildman–Crippen MR) is 67.8 cm³/mol. The number of carbonyl (C=O) groups is 3. The first-order valence-corrected chi connectivity index (χ1v) is 6.06. The van der Waals surface area contributed by atoms with Crippen LogP contribution >= 0.6 is 0 Å². The van der Waals surface area contributed by atoms with Crippen molar-refractivity contribution in [3.8, 4) is 0 Å². The number of rotatable bonds is 9. The summed E-state index contributed by atoms with van der Waals surface area (Å²) in [5.41, 5.74) is 0. The van der Waals surface area contributed by atoms with E-state index >= 15 is 0 Å². The third-order valence-corrected chi connectivity index (χ3v) is 2.27. The van der Waals surface area contributed by atoms with E-state index < -0.39 is 30.4 Å². The molecule has 0 saturated carbocycles. The molecule has 110 valence electrons. The Morgan fingerprint density at radius 1 is 1.26 bits per heavy atom. The van der Waals surface area contributed by atoms with Crippen LogP contribution < -0.4 is 16.0 Å². The average Bonchev–Trinajstić information content (AvgIpc) is 2.37. The van der Waals surface area contributed by atoms with Gasteiger partial charge in [-0.3, -0.25) is 4.79 Å². The van der Waals surface area contributed by atoms with Crippen LogP contribution in [0.4, 0.5) is 4.79 Å². The number of methoxy groups -OCH3 is 1. The van der Waals surface area contributed by atoms with Gasteiger partial charge < -0.3 is 25.8 Å². The van der Waals surface area contributed by atoms with Crippen molar-refractivity contribution in [2.24, 2.45) is 0 Å². The number of carbonyl (C=O) groups excluding carboxylic acids is 2. The van der Waals surface area contributed by atoms with Gasteiger partial charge in [-0.15, -0.1) is 0 Å². The summed E-state index contributed by atoms with van der Waals surface area (Å²) in [7, 11) is 1.15. The molecule has 4 N–H and O–H groups in total. The Hall–Kier alpha value is -1.83. The first kappa shape index (κ1) is 17.2. The zero-order valence-corrected chi connectivity index (χ0v) is 11.2. The number of ether oxygens (including phenoxy) is 1. The molecular weight excluding hydrogens is 254 g/mol. The number of urea groups is 1. The van der Waals surface area contributed by atoms with Crippen molar-refractivity contribution in [3.05, 3.63) is 0 Å². The van der Waals surface area contributed by atoms with Gasteiger partial charge in [-0.25, -0.2) is 9.59 Å². The molecule has 0 rings (SSSR count). The van der Waals surface area contributed by atoms with Crippen molar-refractivity contribution in [1.82, 2.24) is 16.0 Å². The minimum Gasteiger partial charge on any atom is -0.480 e. The molecule has 8 heteroatoms. The van der Waals surface area contributed by atoms with Crippen LogP contribution in [0.5, 0.6) is 0 Å². The lowest BCUT2D eigenvalue weighted by Crippen LogP contribution is -2.47. The molecule has 0 aliphatic rings. The van der Waals surface area contributed by atoms with E-state index in [1.165, 1.54) is 0 Å². The van der Waals surface area contributed by atoms with Gasteiger partial charge in [-0.2, -0.15) is 0 Å². The number of esters is 1. The molecular formula is C11H21N3O5. The lowest BCUT2D eigenvalue weighted by molar-refractivity contribution is -0.147. The van der Waals surface area contributed by atoms with Gasteiger partial charge >= 0.3 is 18.0 Å². The SMILES string of the molecule is CCNCCCNC(=O)N[C@@H](CC(=O)OC)C(=O)O. The fourth-order valence-electron chi connectivity index (χ4n) is 1.25. The number of hydrogen-bond acceptors (Lipinski definition) is 5. The molecule has 19 heavy (non-hydrogen) atoms. The first-order chi connectivity index (χ1) is 9.01. The highest BCUT2D eigenvalue weighted by Gasteiger charge is 2.23. The molecule has 1 atom stereocenters. The Bertz CT molecular complexity index is 309. The summed E-state index contributed by atoms with van der Waals surface area (Å²) in [6.07, 6.45) is 0.326. The first-order valence-electron chi connectivity index (χ1n) is 6.06. The maximum absolute atomic E-state index is 11.4. The van der Waals surface area contributed by atoms with Gasteiger partial charge in [0.15, 0.2) is 0 Å². The van der Waals surface area contributed by atoms with Crippen molar-refractivity contribution >= 4 is 18.0 Å². The van der Waals surface area contributed by atoms with Gasteiger partial charge in [0.05, 0.1) is 13.5 Å². The van der Waals surface area contributed by atoms with Gasteiger partial charge in [0.25, 0.3) is 0 Å². The van der Waals surface area contributed by atoms with Crippen LogP contribution in [-0.4, -0.2) is 55.9 Å². The Morgan fingerprint density at radius 3 is 2.47 bits per heavy atom. The van der Waals surface area contributed by atoms with E-state index in [1.807, 2.05) is 6.92 Å². The molecule has 0 radical (unpaired) electrons. The zero-order valence-electron chi connectivity index (χ0n) is 11.2. The lowest BCUT2D eigenvalue weighted by Gasteiger charge is -2.14. The van der Waals surface area contributed by atoms with Crippen molar-refractivity contribution in [2.45, 2.75) is 25.8 Å². The van der Waals surface area contributed by atoms with Crippen molar-refractivity contribution in [1.29, 1.82) is 0 Å². The van der Waals surface area contributed by atoms with Gasteiger partial charge in [-0.1, -0.05) is 6.92 Å². The molecule has 8 nitrogen and oxygen atoms in total. The Morgan fingerprint density at radius 2 is 1.95 bits per heavy atom. The van der Waals surface area contributed by atoms with Crippen LogP contribution in [0.1, 0.15) is 19.8 Å². The molecule has 0 unspecified atom stereocenters. The molecule has 0 saturated heterocycles. The maximum atomic E-state index is 11.4. The lowest BCUT2D eigenvalue weighted by atomic mass is 10.2. The summed E-state index contributed by atoms with van der Waals surface area (Å²) in [4.78, 5) is 33.2. The number of carboxylic acids is 1. The second-order valence-electron chi connectivity index (χ2n) is 3.78. The molecule has 2 amide bonds. The highest BCUT2D eigenvalue weighted by atomic mass is 16.5. The monoisotopic (exact) mass is 275 g/mol. The Labute approximate surface area is 111 Å². The second kappa shape index (κ2) is 10.1. The maximum Gasteiger partial charge on any atom is 0.326 e.